The fourth-order valence-corrected chi connectivity index (χ4v) is 4.16. The third-order valence-corrected chi connectivity index (χ3v) is 5.23. The predicted molar refractivity (Wildman–Crippen MR) is 79.7 cm³/mol. The highest BCUT2D eigenvalue weighted by atomic mass is 16.5. The lowest BCUT2D eigenvalue weighted by atomic mass is 9.71. The number of ether oxygens (including phenoxy) is 1. The largest absolute Gasteiger partial charge is 0.481 e. The summed E-state index contributed by atoms with van der Waals surface area (Å²) in [5, 5.41) is 9.41. The van der Waals surface area contributed by atoms with E-state index in [1.807, 2.05) is 0 Å². The average Bonchev–Trinajstić information content (AvgIpc) is 2.92. The number of aliphatic carboxylic acids is 1. The van der Waals surface area contributed by atoms with Gasteiger partial charge in [0, 0.05) is 6.61 Å². The molecule has 1 saturated carbocycles. The molecule has 1 saturated heterocycles. The molecule has 2 aliphatic rings. The van der Waals surface area contributed by atoms with Gasteiger partial charge >= 0.3 is 5.97 Å². The van der Waals surface area contributed by atoms with Crippen molar-refractivity contribution in [3.63, 3.8) is 0 Å². The minimum Gasteiger partial charge on any atom is -0.481 e. The van der Waals surface area contributed by atoms with Crippen LogP contribution in [0.5, 0.6) is 0 Å². The van der Waals surface area contributed by atoms with E-state index in [2.05, 4.69) is 6.92 Å². The van der Waals surface area contributed by atoms with E-state index >= 15 is 0 Å². The van der Waals surface area contributed by atoms with Gasteiger partial charge in [-0.15, -0.1) is 0 Å². The van der Waals surface area contributed by atoms with E-state index in [1.165, 1.54) is 25.7 Å². The molecule has 2 rings (SSSR count). The Hall–Kier alpha value is -0.570. The van der Waals surface area contributed by atoms with Crippen molar-refractivity contribution < 1.29 is 14.6 Å². The molecule has 2 fully saturated rings. The van der Waals surface area contributed by atoms with Gasteiger partial charge in [0.25, 0.3) is 0 Å². The van der Waals surface area contributed by atoms with Crippen LogP contribution in [0.15, 0.2) is 0 Å². The Morgan fingerprint density at radius 1 is 1.20 bits per heavy atom. The van der Waals surface area contributed by atoms with Crippen LogP contribution < -0.4 is 0 Å². The Balaban J connectivity index is 1.78. The van der Waals surface area contributed by atoms with Crippen molar-refractivity contribution >= 4 is 5.97 Å². The normalized spacial score (nSPS) is 34.2. The Morgan fingerprint density at radius 2 is 2.05 bits per heavy atom. The Labute approximate surface area is 123 Å². The van der Waals surface area contributed by atoms with Gasteiger partial charge in [-0.2, -0.15) is 0 Å². The van der Waals surface area contributed by atoms with Crippen molar-refractivity contribution in [1.29, 1.82) is 0 Å². The Bertz CT molecular complexity index is 297. The molecule has 0 radical (unpaired) electrons. The standard InChI is InChI=1S/C17H30O3/c1-2-5-13-9-10-16(17(18)19)14(12-13)6-3-7-15-8-4-11-20-15/h13-16H,2-12H2,1H3,(H,18,19). The molecule has 0 aromatic carbocycles. The van der Waals surface area contributed by atoms with Crippen LogP contribution in [-0.4, -0.2) is 23.8 Å². The number of carboxylic acid groups (broad SMARTS) is 1. The minimum atomic E-state index is -0.568. The SMILES string of the molecule is CCCC1CCC(C(=O)O)C(CCCC2CCCO2)C1. The zero-order valence-corrected chi connectivity index (χ0v) is 12.9. The summed E-state index contributed by atoms with van der Waals surface area (Å²) in [5.74, 6) is 0.511. The molecule has 0 aromatic rings. The van der Waals surface area contributed by atoms with Gasteiger partial charge in [0.1, 0.15) is 0 Å². The van der Waals surface area contributed by atoms with E-state index in [0.29, 0.717) is 12.0 Å². The first-order valence-corrected chi connectivity index (χ1v) is 8.55. The van der Waals surface area contributed by atoms with Crippen molar-refractivity contribution in [2.24, 2.45) is 17.8 Å². The van der Waals surface area contributed by atoms with Crippen LogP contribution in [0.4, 0.5) is 0 Å². The van der Waals surface area contributed by atoms with Crippen LogP contribution in [0, 0.1) is 17.8 Å². The van der Waals surface area contributed by atoms with Gasteiger partial charge in [0.05, 0.1) is 12.0 Å². The highest BCUT2D eigenvalue weighted by molar-refractivity contribution is 5.70. The molecule has 116 valence electrons. The summed E-state index contributed by atoms with van der Waals surface area (Å²) in [6.45, 7) is 3.15. The van der Waals surface area contributed by atoms with Crippen molar-refractivity contribution in [3.05, 3.63) is 0 Å². The number of carboxylic acids is 1. The molecule has 3 nitrogen and oxygen atoms in total. The zero-order valence-electron chi connectivity index (χ0n) is 12.9. The van der Waals surface area contributed by atoms with E-state index in [0.717, 1.165) is 51.0 Å². The molecular weight excluding hydrogens is 252 g/mol. The molecule has 3 heteroatoms. The predicted octanol–water partition coefficient (Wildman–Crippen LogP) is 4.25. The topological polar surface area (TPSA) is 46.5 Å². The first-order valence-electron chi connectivity index (χ1n) is 8.55. The van der Waals surface area contributed by atoms with E-state index in [-0.39, 0.29) is 5.92 Å². The second-order valence-corrected chi connectivity index (χ2v) is 6.74. The van der Waals surface area contributed by atoms with Gasteiger partial charge in [-0.3, -0.25) is 4.79 Å². The average molecular weight is 282 g/mol. The van der Waals surface area contributed by atoms with Crippen LogP contribution in [0.25, 0.3) is 0 Å². The number of carbonyl (C=O) groups is 1. The highest BCUT2D eigenvalue weighted by Crippen LogP contribution is 2.39. The van der Waals surface area contributed by atoms with Crippen molar-refractivity contribution in [3.8, 4) is 0 Å². The zero-order chi connectivity index (χ0) is 14.4. The monoisotopic (exact) mass is 282 g/mol. The van der Waals surface area contributed by atoms with Gasteiger partial charge < -0.3 is 9.84 Å². The fourth-order valence-electron chi connectivity index (χ4n) is 4.16. The van der Waals surface area contributed by atoms with Gasteiger partial charge in [0.2, 0.25) is 0 Å². The lowest BCUT2D eigenvalue weighted by Crippen LogP contribution is -2.31. The summed E-state index contributed by atoms with van der Waals surface area (Å²) in [4.78, 5) is 11.4. The van der Waals surface area contributed by atoms with Crippen LogP contribution in [0.2, 0.25) is 0 Å². The van der Waals surface area contributed by atoms with Gasteiger partial charge in [-0.1, -0.05) is 26.2 Å². The van der Waals surface area contributed by atoms with Gasteiger partial charge in [-0.25, -0.2) is 0 Å². The highest BCUT2D eigenvalue weighted by Gasteiger charge is 2.34. The van der Waals surface area contributed by atoms with Crippen molar-refractivity contribution in [1.82, 2.24) is 0 Å². The first kappa shape index (κ1) is 15.8. The molecule has 1 heterocycles. The quantitative estimate of drug-likeness (QED) is 0.759. The van der Waals surface area contributed by atoms with Crippen molar-refractivity contribution in [2.75, 3.05) is 6.61 Å². The maximum Gasteiger partial charge on any atom is 0.306 e. The number of hydrogen-bond acceptors (Lipinski definition) is 2. The molecule has 4 unspecified atom stereocenters. The van der Waals surface area contributed by atoms with Gasteiger partial charge in [-0.05, 0) is 56.8 Å². The first-order chi connectivity index (χ1) is 9.70. The minimum absolute atomic E-state index is 0.0902. The summed E-state index contributed by atoms with van der Waals surface area (Å²) in [6, 6.07) is 0. The number of rotatable bonds is 7. The molecule has 0 bridgehead atoms. The molecule has 0 amide bonds. The molecule has 0 aromatic heterocycles. The summed E-state index contributed by atoms with van der Waals surface area (Å²) < 4.78 is 5.66. The Morgan fingerprint density at radius 3 is 2.70 bits per heavy atom. The van der Waals surface area contributed by atoms with Gasteiger partial charge in [0.15, 0.2) is 0 Å². The fraction of sp³-hybridized carbons (Fsp3) is 0.941. The smallest absolute Gasteiger partial charge is 0.306 e. The third kappa shape index (κ3) is 4.47. The molecule has 4 atom stereocenters. The van der Waals surface area contributed by atoms with Crippen LogP contribution >= 0.6 is 0 Å². The van der Waals surface area contributed by atoms with Crippen LogP contribution in [0.3, 0.4) is 0 Å². The molecule has 1 aliphatic heterocycles. The lowest BCUT2D eigenvalue weighted by Gasteiger charge is -2.34. The lowest BCUT2D eigenvalue weighted by molar-refractivity contribution is -0.145. The van der Waals surface area contributed by atoms with E-state index in [9.17, 15) is 9.90 Å². The summed E-state index contributed by atoms with van der Waals surface area (Å²) in [6.07, 6.45) is 11.8. The summed E-state index contributed by atoms with van der Waals surface area (Å²) in [7, 11) is 0. The maximum absolute atomic E-state index is 11.4. The second-order valence-electron chi connectivity index (χ2n) is 6.74. The van der Waals surface area contributed by atoms with E-state index in [1.54, 1.807) is 0 Å². The number of hydrogen-bond donors (Lipinski definition) is 1. The third-order valence-electron chi connectivity index (χ3n) is 5.23. The van der Waals surface area contributed by atoms with E-state index < -0.39 is 5.97 Å². The molecular formula is C17H30O3. The molecule has 0 spiro atoms. The molecule has 1 aliphatic carbocycles. The summed E-state index contributed by atoms with van der Waals surface area (Å²) in [5.41, 5.74) is 0. The maximum atomic E-state index is 11.4. The Kier molecular flexibility index (Phi) is 6.34. The van der Waals surface area contributed by atoms with E-state index in [4.69, 9.17) is 4.74 Å². The molecule has 1 N–H and O–H groups in total. The van der Waals surface area contributed by atoms with Crippen LogP contribution in [-0.2, 0) is 9.53 Å². The summed E-state index contributed by atoms with van der Waals surface area (Å²) >= 11 is 0. The van der Waals surface area contributed by atoms with Crippen molar-refractivity contribution in [2.45, 2.75) is 77.2 Å². The molecule has 20 heavy (non-hydrogen) atoms. The van der Waals surface area contributed by atoms with Crippen LogP contribution in [0.1, 0.15) is 71.1 Å². The second kappa shape index (κ2) is 8.02.